The van der Waals surface area contributed by atoms with Crippen LogP contribution in [0.1, 0.15) is 28.5 Å². The van der Waals surface area contributed by atoms with E-state index in [1.165, 1.54) is 0 Å². The highest BCUT2D eigenvalue weighted by Crippen LogP contribution is 2.27. The fourth-order valence-electron chi connectivity index (χ4n) is 2.89. The minimum Gasteiger partial charge on any atom is -0.494 e. The summed E-state index contributed by atoms with van der Waals surface area (Å²) < 4.78 is 7.07. The second-order valence-corrected chi connectivity index (χ2v) is 5.34. The van der Waals surface area contributed by atoms with Crippen molar-refractivity contribution in [1.82, 2.24) is 4.57 Å². The second kappa shape index (κ2) is 6.26. The smallest absolute Gasteiger partial charge is 0.262 e. The van der Waals surface area contributed by atoms with E-state index in [9.17, 15) is 9.90 Å². The predicted octanol–water partition coefficient (Wildman–Crippen LogP) is 3.53. The largest absolute Gasteiger partial charge is 0.494 e. The molecule has 0 aliphatic rings. The van der Waals surface area contributed by atoms with Gasteiger partial charge in [-0.3, -0.25) is 9.36 Å². The molecule has 118 valence electrons. The summed E-state index contributed by atoms with van der Waals surface area (Å²) in [5.41, 5.74) is 2.96. The molecule has 0 aliphatic heterocycles. The second-order valence-electron chi connectivity index (χ2n) is 5.34. The van der Waals surface area contributed by atoms with Crippen molar-refractivity contribution < 1.29 is 14.6 Å². The first-order valence-corrected chi connectivity index (χ1v) is 7.64. The number of benzene rings is 2. The van der Waals surface area contributed by atoms with Gasteiger partial charge < -0.3 is 9.84 Å². The van der Waals surface area contributed by atoms with E-state index in [2.05, 4.69) is 0 Å². The van der Waals surface area contributed by atoms with Gasteiger partial charge in [0.1, 0.15) is 5.75 Å². The average molecular weight is 309 g/mol. The van der Waals surface area contributed by atoms with E-state index < -0.39 is 0 Å². The van der Waals surface area contributed by atoms with E-state index in [-0.39, 0.29) is 12.5 Å². The van der Waals surface area contributed by atoms with E-state index in [1.807, 2.05) is 38.1 Å². The van der Waals surface area contributed by atoms with E-state index in [1.54, 1.807) is 28.8 Å². The van der Waals surface area contributed by atoms with Crippen molar-refractivity contribution >= 4 is 16.8 Å². The van der Waals surface area contributed by atoms with Crippen molar-refractivity contribution in [3.63, 3.8) is 0 Å². The van der Waals surface area contributed by atoms with Crippen molar-refractivity contribution in [1.29, 1.82) is 0 Å². The number of carbonyl (C=O) groups excluding carboxylic acids is 1. The molecule has 1 N–H and O–H groups in total. The van der Waals surface area contributed by atoms with Crippen LogP contribution in [0.25, 0.3) is 10.9 Å². The number of para-hydroxylation sites is 1. The number of aliphatic hydroxyl groups is 1. The first-order chi connectivity index (χ1) is 11.2. The molecular weight excluding hydrogens is 290 g/mol. The summed E-state index contributed by atoms with van der Waals surface area (Å²) in [6.45, 7) is 4.28. The zero-order valence-corrected chi connectivity index (χ0v) is 13.2. The Morgan fingerprint density at radius 2 is 1.83 bits per heavy atom. The summed E-state index contributed by atoms with van der Waals surface area (Å²) in [6, 6.07) is 14.7. The maximum Gasteiger partial charge on any atom is 0.262 e. The van der Waals surface area contributed by atoms with Crippen molar-refractivity contribution in [3.05, 3.63) is 65.4 Å². The predicted molar refractivity (Wildman–Crippen MR) is 89.9 cm³/mol. The number of aliphatic hydroxyl groups excluding tert-OH is 1. The normalized spacial score (nSPS) is 10.9. The molecular formula is C19H19NO3. The van der Waals surface area contributed by atoms with Gasteiger partial charge in [0.2, 0.25) is 0 Å². The highest BCUT2D eigenvalue weighted by molar-refractivity contribution is 6.04. The van der Waals surface area contributed by atoms with Crippen LogP contribution >= 0.6 is 0 Å². The molecule has 0 saturated carbocycles. The van der Waals surface area contributed by atoms with Gasteiger partial charge in [0.15, 0.2) is 0 Å². The van der Waals surface area contributed by atoms with Gasteiger partial charge in [-0.2, -0.15) is 0 Å². The molecule has 0 saturated heterocycles. The molecule has 0 amide bonds. The Morgan fingerprint density at radius 3 is 2.48 bits per heavy atom. The third-order valence-electron chi connectivity index (χ3n) is 4.02. The van der Waals surface area contributed by atoms with Crippen LogP contribution in [-0.2, 0) is 6.61 Å². The van der Waals surface area contributed by atoms with Crippen LogP contribution in [-0.4, -0.2) is 22.2 Å². The number of hydrogen-bond donors (Lipinski definition) is 1. The van der Waals surface area contributed by atoms with Crippen molar-refractivity contribution in [2.45, 2.75) is 20.5 Å². The average Bonchev–Trinajstić information content (AvgIpc) is 2.86. The summed E-state index contributed by atoms with van der Waals surface area (Å²) in [6.07, 6.45) is 0. The Bertz CT molecular complexity index is 847. The van der Waals surface area contributed by atoms with Crippen LogP contribution in [0.4, 0.5) is 0 Å². The maximum absolute atomic E-state index is 12.9. The van der Waals surface area contributed by atoms with Gasteiger partial charge in [0.05, 0.1) is 18.7 Å². The Labute approximate surface area is 134 Å². The minimum atomic E-state index is -0.110. The van der Waals surface area contributed by atoms with Gasteiger partial charge in [-0.1, -0.05) is 18.2 Å². The van der Waals surface area contributed by atoms with Crippen LogP contribution in [0.2, 0.25) is 0 Å². The highest BCUT2D eigenvalue weighted by atomic mass is 16.5. The van der Waals surface area contributed by atoms with Gasteiger partial charge in [0.25, 0.3) is 5.91 Å². The zero-order chi connectivity index (χ0) is 16.4. The molecule has 0 radical (unpaired) electrons. The molecule has 2 aromatic carbocycles. The van der Waals surface area contributed by atoms with Crippen molar-refractivity contribution in [2.24, 2.45) is 0 Å². The number of hydrogen-bond acceptors (Lipinski definition) is 3. The van der Waals surface area contributed by atoms with E-state index in [0.29, 0.717) is 12.2 Å². The Morgan fingerprint density at radius 1 is 1.13 bits per heavy atom. The highest BCUT2D eigenvalue weighted by Gasteiger charge is 2.19. The third-order valence-corrected chi connectivity index (χ3v) is 4.02. The summed E-state index contributed by atoms with van der Waals surface area (Å²) in [4.78, 5) is 12.9. The molecule has 1 heterocycles. The van der Waals surface area contributed by atoms with Crippen LogP contribution in [0.5, 0.6) is 5.75 Å². The monoisotopic (exact) mass is 309 g/mol. The van der Waals surface area contributed by atoms with Crippen molar-refractivity contribution in [3.8, 4) is 5.75 Å². The minimum absolute atomic E-state index is 0.0874. The lowest BCUT2D eigenvalue weighted by Crippen LogP contribution is -2.13. The lowest BCUT2D eigenvalue weighted by Gasteiger charge is -2.08. The van der Waals surface area contributed by atoms with Gasteiger partial charge >= 0.3 is 0 Å². The van der Waals surface area contributed by atoms with Gasteiger partial charge in [0, 0.05) is 22.2 Å². The number of carbonyl (C=O) groups is 1. The molecule has 3 aromatic rings. The standard InChI is InChI=1S/C19H19NO3/c1-3-23-15-10-8-14(9-11-15)19(22)20-13(2)17(12-21)16-6-4-5-7-18(16)20/h4-11,21H,3,12H2,1-2H3. The SMILES string of the molecule is CCOc1ccc(C(=O)n2c(C)c(CO)c3ccccc32)cc1. The molecule has 0 spiro atoms. The van der Waals surface area contributed by atoms with Crippen LogP contribution in [0.3, 0.4) is 0 Å². The summed E-state index contributed by atoms with van der Waals surface area (Å²) in [5, 5.41) is 10.5. The third kappa shape index (κ3) is 2.62. The van der Waals surface area contributed by atoms with Gasteiger partial charge in [-0.25, -0.2) is 0 Å². The summed E-state index contributed by atoms with van der Waals surface area (Å²) in [5.74, 6) is 0.635. The van der Waals surface area contributed by atoms with E-state index in [0.717, 1.165) is 27.9 Å². The van der Waals surface area contributed by atoms with Crippen LogP contribution in [0, 0.1) is 6.92 Å². The van der Waals surface area contributed by atoms with E-state index >= 15 is 0 Å². The van der Waals surface area contributed by atoms with Crippen molar-refractivity contribution in [2.75, 3.05) is 6.61 Å². The molecule has 0 aliphatic carbocycles. The van der Waals surface area contributed by atoms with E-state index in [4.69, 9.17) is 4.74 Å². The molecule has 0 unspecified atom stereocenters. The van der Waals surface area contributed by atoms with Crippen LogP contribution in [0.15, 0.2) is 48.5 Å². The Balaban J connectivity index is 2.09. The topological polar surface area (TPSA) is 51.5 Å². The quantitative estimate of drug-likeness (QED) is 0.802. The van der Waals surface area contributed by atoms with Gasteiger partial charge in [-0.05, 0) is 44.2 Å². The first kappa shape index (κ1) is 15.3. The van der Waals surface area contributed by atoms with Crippen LogP contribution < -0.4 is 4.74 Å². The maximum atomic E-state index is 12.9. The number of aromatic nitrogens is 1. The Kier molecular flexibility index (Phi) is 4.17. The number of ether oxygens (including phenoxy) is 1. The molecule has 4 heteroatoms. The fourth-order valence-corrected chi connectivity index (χ4v) is 2.89. The summed E-state index contributed by atoms with van der Waals surface area (Å²) in [7, 11) is 0. The van der Waals surface area contributed by atoms with Gasteiger partial charge in [-0.15, -0.1) is 0 Å². The molecule has 23 heavy (non-hydrogen) atoms. The lowest BCUT2D eigenvalue weighted by atomic mass is 10.1. The lowest BCUT2D eigenvalue weighted by molar-refractivity contribution is 0.0962. The molecule has 3 rings (SSSR count). The number of nitrogens with zero attached hydrogens (tertiary/aromatic N) is 1. The molecule has 0 bridgehead atoms. The number of rotatable bonds is 4. The Hall–Kier alpha value is -2.59. The zero-order valence-electron chi connectivity index (χ0n) is 13.2. The first-order valence-electron chi connectivity index (χ1n) is 7.64. The molecule has 0 fully saturated rings. The summed E-state index contributed by atoms with van der Waals surface area (Å²) >= 11 is 0. The number of fused-ring (bicyclic) bond motifs is 1. The fraction of sp³-hybridized carbons (Fsp3) is 0.211. The molecule has 4 nitrogen and oxygen atoms in total. The molecule has 1 aromatic heterocycles. The molecule has 0 atom stereocenters.